The van der Waals surface area contributed by atoms with Crippen LogP contribution in [-0.2, 0) is 6.42 Å². The van der Waals surface area contributed by atoms with Crippen molar-refractivity contribution in [3.63, 3.8) is 0 Å². The number of hydrogen-bond donors (Lipinski definition) is 1. The fourth-order valence-corrected chi connectivity index (χ4v) is 3.17. The maximum atomic E-state index is 12.7. The molecule has 0 fully saturated rings. The minimum atomic E-state index is -4.77. The summed E-state index contributed by atoms with van der Waals surface area (Å²) in [7, 11) is 0. The molecule has 0 aliphatic carbocycles. The summed E-state index contributed by atoms with van der Waals surface area (Å²) in [5.41, 5.74) is 3.34. The third-order valence-corrected chi connectivity index (χ3v) is 4.51. The Morgan fingerprint density at radius 1 is 1.00 bits per heavy atom. The standard InChI is InChI=1S/C22H15F3N2O2/c23-22(24,25)29-18-8-6-16(7-9-18)21(28)27-11-10-19-17(13-26-20(19)14-27)12-15-4-2-1-3-5-15/h1-11,13-14H,12H2/p+1. The first-order valence-corrected chi connectivity index (χ1v) is 8.85. The Hall–Kier alpha value is -3.61. The van der Waals surface area contributed by atoms with E-state index in [9.17, 15) is 18.0 Å². The average Bonchev–Trinajstić information content (AvgIpc) is 3.10. The molecule has 0 spiro atoms. The van der Waals surface area contributed by atoms with Crippen LogP contribution < -0.4 is 9.30 Å². The Morgan fingerprint density at radius 2 is 1.72 bits per heavy atom. The smallest absolute Gasteiger partial charge is 0.406 e. The van der Waals surface area contributed by atoms with Gasteiger partial charge < -0.3 is 9.72 Å². The molecule has 2 heterocycles. The Morgan fingerprint density at radius 3 is 2.41 bits per heavy atom. The van der Waals surface area contributed by atoms with E-state index < -0.39 is 6.36 Å². The van der Waals surface area contributed by atoms with Gasteiger partial charge in [0.25, 0.3) is 0 Å². The maximum absolute atomic E-state index is 12.7. The first-order chi connectivity index (χ1) is 13.9. The van der Waals surface area contributed by atoms with Crippen molar-refractivity contribution < 1.29 is 27.3 Å². The summed E-state index contributed by atoms with van der Waals surface area (Å²) in [4.78, 5) is 15.8. The number of hydrogen-bond acceptors (Lipinski definition) is 2. The van der Waals surface area contributed by atoms with Gasteiger partial charge in [-0.25, -0.2) is 4.79 Å². The molecule has 0 atom stereocenters. The molecule has 146 valence electrons. The van der Waals surface area contributed by atoms with E-state index in [4.69, 9.17) is 0 Å². The molecular formula is C22H16F3N2O2+. The van der Waals surface area contributed by atoms with Gasteiger partial charge in [-0.3, -0.25) is 0 Å². The van der Waals surface area contributed by atoms with Gasteiger partial charge in [-0.15, -0.1) is 17.7 Å². The zero-order chi connectivity index (χ0) is 20.4. The fourth-order valence-electron chi connectivity index (χ4n) is 3.17. The molecule has 4 aromatic rings. The van der Waals surface area contributed by atoms with Crippen molar-refractivity contribution in [1.29, 1.82) is 0 Å². The van der Waals surface area contributed by atoms with Gasteiger partial charge in [-0.05, 0) is 41.8 Å². The lowest BCUT2D eigenvalue weighted by molar-refractivity contribution is -0.569. The number of benzene rings is 2. The van der Waals surface area contributed by atoms with Crippen molar-refractivity contribution >= 4 is 16.8 Å². The second-order valence-electron chi connectivity index (χ2n) is 6.53. The molecule has 0 bridgehead atoms. The fraction of sp³-hybridized carbons (Fsp3) is 0.0909. The van der Waals surface area contributed by atoms with Crippen molar-refractivity contribution in [1.82, 2.24) is 4.98 Å². The minimum absolute atomic E-state index is 0.250. The summed E-state index contributed by atoms with van der Waals surface area (Å²) in [5.74, 6) is -0.728. The molecule has 0 unspecified atom stereocenters. The largest absolute Gasteiger partial charge is 0.573 e. The van der Waals surface area contributed by atoms with Crippen molar-refractivity contribution in [3.8, 4) is 5.75 Å². The van der Waals surface area contributed by atoms with E-state index in [1.165, 1.54) is 22.3 Å². The third-order valence-electron chi connectivity index (χ3n) is 4.51. The Kier molecular flexibility index (Phi) is 4.80. The van der Waals surface area contributed by atoms with Gasteiger partial charge in [-0.2, -0.15) is 0 Å². The molecule has 4 rings (SSSR count). The lowest BCUT2D eigenvalue weighted by atomic mass is 10.1. The Labute approximate surface area is 164 Å². The van der Waals surface area contributed by atoms with Crippen LogP contribution in [0.25, 0.3) is 10.9 Å². The number of nitrogens with zero attached hydrogens (tertiary/aromatic N) is 1. The normalized spacial score (nSPS) is 11.6. The van der Waals surface area contributed by atoms with Crippen LogP contribution in [0.5, 0.6) is 5.75 Å². The zero-order valence-corrected chi connectivity index (χ0v) is 15.1. The van der Waals surface area contributed by atoms with Crippen molar-refractivity contribution in [2.75, 3.05) is 0 Å². The van der Waals surface area contributed by atoms with Crippen LogP contribution in [0, 0.1) is 0 Å². The van der Waals surface area contributed by atoms with Gasteiger partial charge in [-0.1, -0.05) is 30.3 Å². The van der Waals surface area contributed by atoms with Crippen LogP contribution in [0.15, 0.2) is 79.3 Å². The van der Waals surface area contributed by atoms with E-state index in [0.717, 1.165) is 35.0 Å². The molecule has 2 aromatic heterocycles. The van der Waals surface area contributed by atoms with Gasteiger partial charge in [0.15, 0.2) is 6.20 Å². The van der Waals surface area contributed by atoms with Crippen LogP contribution in [-0.4, -0.2) is 17.3 Å². The van der Waals surface area contributed by atoms with Crippen LogP contribution in [0.2, 0.25) is 0 Å². The third kappa shape index (κ3) is 4.29. The van der Waals surface area contributed by atoms with Gasteiger partial charge in [0, 0.05) is 17.6 Å². The number of carbonyl (C=O) groups is 1. The molecule has 2 aromatic carbocycles. The number of rotatable bonds is 4. The summed E-state index contributed by atoms with van der Waals surface area (Å²) < 4.78 is 42.0. The summed E-state index contributed by atoms with van der Waals surface area (Å²) in [6.07, 6.45) is 1.23. The topological polar surface area (TPSA) is 46.0 Å². The van der Waals surface area contributed by atoms with Crippen molar-refractivity contribution in [2.24, 2.45) is 0 Å². The predicted octanol–water partition coefficient (Wildman–Crippen LogP) is 4.63. The maximum Gasteiger partial charge on any atom is 0.573 e. The first kappa shape index (κ1) is 18.7. The monoisotopic (exact) mass is 397 g/mol. The average molecular weight is 397 g/mol. The summed E-state index contributed by atoms with van der Waals surface area (Å²) >= 11 is 0. The lowest BCUT2D eigenvalue weighted by Gasteiger charge is -2.08. The number of nitrogens with one attached hydrogen (secondary N) is 1. The molecule has 0 radical (unpaired) electrons. The van der Waals surface area contributed by atoms with E-state index in [-0.39, 0.29) is 17.2 Å². The molecule has 0 aliphatic heterocycles. The highest BCUT2D eigenvalue weighted by molar-refractivity contribution is 5.89. The molecule has 0 saturated heterocycles. The lowest BCUT2D eigenvalue weighted by Crippen LogP contribution is -2.42. The van der Waals surface area contributed by atoms with E-state index in [1.807, 2.05) is 30.5 Å². The van der Waals surface area contributed by atoms with E-state index in [1.54, 1.807) is 12.4 Å². The molecule has 7 heteroatoms. The Bertz CT molecular complexity index is 1150. The van der Waals surface area contributed by atoms with E-state index in [2.05, 4.69) is 21.9 Å². The molecule has 0 aliphatic rings. The number of aromatic nitrogens is 2. The molecular weight excluding hydrogens is 381 g/mol. The Balaban J connectivity index is 1.56. The second kappa shape index (κ2) is 7.43. The number of halogens is 3. The van der Waals surface area contributed by atoms with Crippen molar-refractivity contribution in [3.05, 3.63) is 95.9 Å². The zero-order valence-electron chi connectivity index (χ0n) is 15.1. The van der Waals surface area contributed by atoms with Gasteiger partial charge in [0.1, 0.15) is 11.3 Å². The van der Waals surface area contributed by atoms with E-state index in [0.29, 0.717) is 0 Å². The first-order valence-electron chi connectivity index (χ1n) is 8.85. The number of H-pyrrole nitrogens is 1. The second-order valence-corrected chi connectivity index (χ2v) is 6.53. The molecule has 29 heavy (non-hydrogen) atoms. The van der Waals surface area contributed by atoms with Gasteiger partial charge >= 0.3 is 12.3 Å². The number of pyridine rings is 1. The summed E-state index contributed by atoms with van der Waals surface area (Å²) in [6, 6.07) is 16.7. The molecule has 1 N–H and O–H groups in total. The van der Waals surface area contributed by atoms with Gasteiger partial charge in [0.05, 0.1) is 5.56 Å². The van der Waals surface area contributed by atoms with Crippen LogP contribution in [0.3, 0.4) is 0 Å². The number of alkyl halides is 3. The van der Waals surface area contributed by atoms with Crippen LogP contribution in [0.1, 0.15) is 21.5 Å². The number of fused-ring (bicyclic) bond motifs is 1. The minimum Gasteiger partial charge on any atom is -0.406 e. The summed E-state index contributed by atoms with van der Waals surface area (Å²) in [6.45, 7) is 0. The summed E-state index contributed by atoms with van der Waals surface area (Å²) in [5, 5.41) is 1.01. The highest BCUT2D eigenvalue weighted by Gasteiger charge is 2.31. The SMILES string of the molecule is O=C(c1ccc(OC(F)(F)F)cc1)[n+]1ccc2c(Cc3ccccc3)c[nH]c2c1. The highest BCUT2D eigenvalue weighted by atomic mass is 19.4. The number of aromatic amines is 1. The molecule has 4 nitrogen and oxygen atoms in total. The quantitative estimate of drug-likeness (QED) is 0.510. The van der Waals surface area contributed by atoms with Gasteiger partial charge in [0.2, 0.25) is 6.20 Å². The van der Waals surface area contributed by atoms with Crippen LogP contribution >= 0.6 is 0 Å². The predicted molar refractivity (Wildman–Crippen MR) is 101 cm³/mol. The highest BCUT2D eigenvalue weighted by Crippen LogP contribution is 2.23. The van der Waals surface area contributed by atoms with Crippen molar-refractivity contribution in [2.45, 2.75) is 12.8 Å². The number of ether oxygens (including phenoxy) is 1. The molecule has 0 amide bonds. The molecule has 0 saturated carbocycles. The van der Waals surface area contributed by atoms with E-state index >= 15 is 0 Å². The number of carbonyl (C=O) groups excluding carboxylic acids is 1. The van der Waals surface area contributed by atoms with Crippen LogP contribution in [0.4, 0.5) is 13.2 Å².